The highest BCUT2D eigenvalue weighted by Crippen LogP contribution is 2.28. The van der Waals surface area contributed by atoms with Crippen molar-refractivity contribution in [3.8, 4) is 11.6 Å². The van der Waals surface area contributed by atoms with Crippen LogP contribution < -0.4 is 10.4 Å². The van der Waals surface area contributed by atoms with Crippen LogP contribution in [-0.2, 0) is 0 Å². The number of hydrogen-bond acceptors (Lipinski definition) is 5. The van der Waals surface area contributed by atoms with Gasteiger partial charge < -0.3 is 14.8 Å². The van der Waals surface area contributed by atoms with E-state index in [1.165, 1.54) is 19.5 Å². The number of nitrogens with one attached hydrogen (secondary N) is 1. The largest absolute Gasteiger partial charge is 0.506 e. The fourth-order valence-electron chi connectivity index (χ4n) is 1.62. The van der Waals surface area contributed by atoms with Crippen LogP contribution in [0.1, 0.15) is 11.1 Å². The average Bonchev–Trinajstić information content (AvgIpc) is 2.42. The Hall–Kier alpha value is -2.34. The van der Waals surface area contributed by atoms with E-state index in [9.17, 15) is 9.90 Å². The van der Waals surface area contributed by atoms with Crippen LogP contribution >= 0.6 is 11.6 Å². The molecule has 0 amide bonds. The number of halogens is 1. The van der Waals surface area contributed by atoms with Crippen LogP contribution in [0.2, 0.25) is 5.02 Å². The summed E-state index contributed by atoms with van der Waals surface area (Å²) >= 11 is 5.88. The standard InChI is InChI=1S/C13H12ClN3O3/c1-7-3-8(11(18)9(14)4-7)5-15-10-6-16-13(19)17-12(10)20-2/h3-6,18H,1-2H3,(H,16,17,19)/b15-5+. The van der Waals surface area contributed by atoms with E-state index < -0.39 is 5.69 Å². The van der Waals surface area contributed by atoms with Gasteiger partial charge in [-0.2, -0.15) is 4.98 Å². The van der Waals surface area contributed by atoms with E-state index >= 15 is 0 Å². The minimum absolute atomic E-state index is 0.0580. The van der Waals surface area contributed by atoms with Gasteiger partial charge in [-0.15, -0.1) is 0 Å². The molecule has 0 atom stereocenters. The summed E-state index contributed by atoms with van der Waals surface area (Å²) in [5.74, 6) is 0.0422. The maximum atomic E-state index is 11.1. The molecule has 2 rings (SSSR count). The lowest BCUT2D eigenvalue weighted by Crippen LogP contribution is -2.09. The van der Waals surface area contributed by atoms with Crippen LogP contribution in [0, 0.1) is 6.92 Å². The molecule has 104 valence electrons. The van der Waals surface area contributed by atoms with Crippen molar-refractivity contribution >= 4 is 23.5 Å². The third-order valence-corrected chi connectivity index (χ3v) is 2.82. The van der Waals surface area contributed by atoms with Crippen LogP contribution in [0.25, 0.3) is 0 Å². The summed E-state index contributed by atoms with van der Waals surface area (Å²) in [6.07, 6.45) is 2.80. The van der Waals surface area contributed by atoms with Crippen molar-refractivity contribution in [1.29, 1.82) is 0 Å². The van der Waals surface area contributed by atoms with Crippen molar-refractivity contribution in [2.75, 3.05) is 7.11 Å². The number of aromatic hydroxyl groups is 1. The summed E-state index contributed by atoms with van der Waals surface area (Å²) in [6.45, 7) is 1.85. The van der Waals surface area contributed by atoms with Gasteiger partial charge in [0.05, 0.1) is 12.1 Å². The van der Waals surface area contributed by atoms with E-state index in [1.807, 2.05) is 6.92 Å². The lowest BCUT2D eigenvalue weighted by molar-refractivity contribution is 0.397. The zero-order valence-corrected chi connectivity index (χ0v) is 11.6. The minimum atomic E-state index is -0.526. The second kappa shape index (κ2) is 5.75. The molecule has 0 aliphatic rings. The fourth-order valence-corrected chi connectivity index (χ4v) is 1.90. The van der Waals surface area contributed by atoms with Crippen molar-refractivity contribution < 1.29 is 9.84 Å². The first-order chi connectivity index (χ1) is 9.51. The highest BCUT2D eigenvalue weighted by atomic mass is 35.5. The van der Waals surface area contributed by atoms with Gasteiger partial charge >= 0.3 is 5.69 Å². The summed E-state index contributed by atoms with van der Waals surface area (Å²) in [7, 11) is 1.39. The maximum Gasteiger partial charge on any atom is 0.348 e. The first-order valence-electron chi connectivity index (χ1n) is 5.68. The van der Waals surface area contributed by atoms with Gasteiger partial charge in [0.25, 0.3) is 0 Å². The molecule has 1 heterocycles. The van der Waals surface area contributed by atoms with Gasteiger partial charge in [0.15, 0.2) is 0 Å². The SMILES string of the molecule is COc1nc(=O)[nH]cc1/N=C/c1cc(C)cc(Cl)c1O. The van der Waals surface area contributed by atoms with Crippen LogP contribution in [-0.4, -0.2) is 28.4 Å². The Kier molecular flexibility index (Phi) is 4.05. The van der Waals surface area contributed by atoms with E-state index in [0.717, 1.165) is 5.56 Å². The molecule has 0 radical (unpaired) electrons. The monoisotopic (exact) mass is 293 g/mol. The Bertz CT molecular complexity index is 725. The smallest absolute Gasteiger partial charge is 0.348 e. The summed E-state index contributed by atoms with van der Waals surface area (Å²) in [5.41, 5.74) is 1.16. The number of aliphatic imine (C=N–C) groups is 1. The van der Waals surface area contributed by atoms with Gasteiger partial charge in [-0.1, -0.05) is 11.6 Å². The molecule has 0 bridgehead atoms. The summed E-state index contributed by atoms with van der Waals surface area (Å²) < 4.78 is 4.96. The first-order valence-corrected chi connectivity index (χ1v) is 6.06. The molecule has 0 saturated heterocycles. The van der Waals surface area contributed by atoms with Gasteiger partial charge in [0.1, 0.15) is 11.4 Å². The van der Waals surface area contributed by atoms with E-state index in [-0.39, 0.29) is 16.7 Å². The van der Waals surface area contributed by atoms with Crippen molar-refractivity contribution in [3.63, 3.8) is 0 Å². The molecule has 1 aromatic heterocycles. The Morgan fingerprint density at radius 3 is 2.95 bits per heavy atom. The van der Waals surface area contributed by atoms with Crippen LogP contribution in [0.3, 0.4) is 0 Å². The van der Waals surface area contributed by atoms with Crippen LogP contribution in [0.5, 0.6) is 11.6 Å². The highest BCUT2D eigenvalue weighted by molar-refractivity contribution is 6.32. The predicted octanol–water partition coefficient (Wildman–Crippen LogP) is 2.20. The van der Waals surface area contributed by atoms with Gasteiger partial charge in [-0.3, -0.25) is 0 Å². The molecule has 6 nitrogen and oxygen atoms in total. The van der Waals surface area contributed by atoms with Gasteiger partial charge in [0.2, 0.25) is 5.88 Å². The number of H-pyrrole nitrogens is 1. The number of aromatic nitrogens is 2. The first kappa shape index (κ1) is 14.1. The van der Waals surface area contributed by atoms with Crippen molar-refractivity contribution in [2.45, 2.75) is 6.92 Å². The average molecular weight is 294 g/mol. The molecule has 0 saturated carbocycles. The number of hydrogen-bond donors (Lipinski definition) is 2. The molecule has 0 spiro atoms. The number of aromatic amines is 1. The summed E-state index contributed by atoms with van der Waals surface area (Å²) in [4.78, 5) is 21.2. The quantitative estimate of drug-likeness (QED) is 0.849. The van der Waals surface area contributed by atoms with Crippen molar-refractivity contribution in [1.82, 2.24) is 9.97 Å². The number of nitrogens with zero attached hydrogens (tertiary/aromatic N) is 2. The Balaban J connectivity index is 2.42. The van der Waals surface area contributed by atoms with Gasteiger partial charge in [0, 0.05) is 18.0 Å². The normalized spacial score (nSPS) is 10.9. The number of ether oxygens (including phenoxy) is 1. The van der Waals surface area contributed by atoms with E-state index in [4.69, 9.17) is 16.3 Å². The Morgan fingerprint density at radius 2 is 2.25 bits per heavy atom. The third-order valence-electron chi connectivity index (χ3n) is 2.53. The predicted molar refractivity (Wildman–Crippen MR) is 76.5 cm³/mol. The molecular formula is C13H12ClN3O3. The van der Waals surface area contributed by atoms with E-state index in [0.29, 0.717) is 11.3 Å². The zero-order chi connectivity index (χ0) is 14.7. The highest BCUT2D eigenvalue weighted by Gasteiger charge is 2.07. The third kappa shape index (κ3) is 2.97. The summed E-state index contributed by atoms with van der Waals surface area (Å²) in [5, 5.41) is 10.1. The molecule has 0 unspecified atom stereocenters. The molecular weight excluding hydrogens is 282 g/mol. The summed E-state index contributed by atoms with van der Waals surface area (Å²) in [6, 6.07) is 3.38. The topological polar surface area (TPSA) is 87.6 Å². The molecule has 20 heavy (non-hydrogen) atoms. The molecule has 2 N–H and O–H groups in total. The molecule has 0 aliphatic heterocycles. The van der Waals surface area contributed by atoms with Crippen molar-refractivity contribution in [3.05, 3.63) is 45.0 Å². The molecule has 7 heteroatoms. The maximum absolute atomic E-state index is 11.1. The number of aryl methyl sites for hydroxylation is 1. The number of methoxy groups -OCH3 is 1. The fraction of sp³-hybridized carbons (Fsp3) is 0.154. The van der Waals surface area contributed by atoms with E-state index in [2.05, 4.69) is 15.0 Å². The number of phenolic OH excluding ortho intramolecular Hbond substituents is 1. The number of rotatable bonds is 3. The Labute approximate surface area is 119 Å². The minimum Gasteiger partial charge on any atom is -0.506 e. The molecule has 0 fully saturated rings. The van der Waals surface area contributed by atoms with E-state index in [1.54, 1.807) is 12.1 Å². The lowest BCUT2D eigenvalue weighted by atomic mass is 10.1. The second-order valence-electron chi connectivity index (χ2n) is 4.04. The number of phenols is 1. The zero-order valence-electron chi connectivity index (χ0n) is 10.8. The molecule has 1 aromatic carbocycles. The van der Waals surface area contributed by atoms with Crippen LogP contribution in [0.4, 0.5) is 5.69 Å². The van der Waals surface area contributed by atoms with Crippen molar-refractivity contribution in [2.24, 2.45) is 4.99 Å². The second-order valence-corrected chi connectivity index (χ2v) is 4.45. The molecule has 2 aromatic rings. The van der Waals surface area contributed by atoms with Crippen LogP contribution in [0.15, 0.2) is 28.1 Å². The Morgan fingerprint density at radius 1 is 1.50 bits per heavy atom. The molecule has 0 aliphatic carbocycles. The van der Waals surface area contributed by atoms with Gasteiger partial charge in [-0.05, 0) is 24.6 Å². The number of benzene rings is 1. The lowest BCUT2D eigenvalue weighted by Gasteiger charge is -2.04. The van der Waals surface area contributed by atoms with Gasteiger partial charge in [-0.25, -0.2) is 9.79 Å².